The van der Waals surface area contributed by atoms with Crippen molar-refractivity contribution in [3.8, 4) is 43.2 Å². The largest absolute Gasteiger partial charge is 4.00 e. The van der Waals surface area contributed by atoms with Crippen LogP contribution in [0.25, 0.3) is 76.1 Å². The summed E-state index contributed by atoms with van der Waals surface area (Å²) in [5.74, 6) is 0.888. The predicted octanol–water partition coefficient (Wildman–Crippen LogP) is 10.4. The number of pyridine rings is 6. The molecule has 9 heterocycles. The Balaban J connectivity index is 0.000000140. The summed E-state index contributed by atoms with van der Waals surface area (Å²) < 4.78 is 0. The van der Waals surface area contributed by atoms with Crippen molar-refractivity contribution in [3.63, 3.8) is 0 Å². The van der Waals surface area contributed by atoms with Crippen LogP contribution < -0.4 is 0 Å². The van der Waals surface area contributed by atoms with Gasteiger partial charge in [0, 0.05) is 57.7 Å². The normalized spacial score (nSPS) is 10.5. The third kappa shape index (κ3) is 7.58. The van der Waals surface area contributed by atoms with Crippen molar-refractivity contribution in [1.29, 1.82) is 0 Å². The average Bonchev–Trinajstić information content (AvgIpc) is 4.02. The summed E-state index contributed by atoms with van der Waals surface area (Å²) in [5.41, 5.74) is 7.41. The van der Waals surface area contributed by atoms with Crippen molar-refractivity contribution in [1.82, 2.24) is 39.9 Å². The van der Waals surface area contributed by atoms with E-state index in [0.29, 0.717) is 0 Å². The van der Waals surface area contributed by atoms with E-state index >= 15 is 0 Å². The minimum atomic E-state index is 0. The van der Waals surface area contributed by atoms with E-state index in [9.17, 15) is 0 Å². The second kappa shape index (κ2) is 16.4. The van der Waals surface area contributed by atoms with Gasteiger partial charge in [-0.3, -0.25) is 29.9 Å². The van der Waals surface area contributed by atoms with Gasteiger partial charge in [0.15, 0.2) is 0 Å². The number of aromatic nitrogens is 8. The van der Waals surface area contributed by atoms with Gasteiger partial charge in [-0.15, -0.1) is 22.7 Å². The molecule has 0 aliphatic heterocycles. The van der Waals surface area contributed by atoms with Crippen LogP contribution in [-0.2, 0) is 19.8 Å². The van der Waals surface area contributed by atoms with E-state index in [4.69, 9.17) is 4.98 Å². The molecule has 9 aromatic heterocycles. The number of aromatic amines is 1. The molecule has 0 bridgehead atoms. The van der Waals surface area contributed by atoms with Gasteiger partial charge in [0.25, 0.3) is 0 Å². The van der Waals surface area contributed by atoms with Crippen LogP contribution in [0.1, 0.15) is 0 Å². The molecule has 1 N–H and O–H groups in total. The number of fused-ring (bicyclic) bond motifs is 6. The van der Waals surface area contributed by atoms with Gasteiger partial charge in [-0.05, 0) is 96.4 Å². The van der Waals surface area contributed by atoms with Crippen LogP contribution >= 0.6 is 22.7 Å². The summed E-state index contributed by atoms with van der Waals surface area (Å²) >= 11 is 3.51. The molecule has 1 aromatic carbocycles. The summed E-state index contributed by atoms with van der Waals surface area (Å²) in [7, 11) is 0. The van der Waals surface area contributed by atoms with E-state index in [1.165, 1.54) is 9.75 Å². The Kier molecular flexibility index (Phi) is 10.9. The van der Waals surface area contributed by atoms with Gasteiger partial charge in [-0.25, -0.2) is 4.98 Å². The first kappa shape index (κ1) is 34.6. The Morgan fingerprint density at radius 1 is 0.404 bits per heavy atom. The zero-order chi connectivity index (χ0) is 34.2. The fourth-order valence-corrected chi connectivity index (χ4v) is 7.32. The van der Waals surface area contributed by atoms with E-state index in [0.717, 1.165) is 66.3 Å². The Morgan fingerprint density at radius 2 is 0.904 bits per heavy atom. The zero-order valence-corrected chi connectivity index (χ0v) is 31.6. The maximum atomic E-state index is 4.95. The summed E-state index contributed by atoms with van der Waals surface area (Å²) in [4.78, 5) is 38.0. The molecule has 0 saturated carbocycles. The monoisotopic (exact) mass is 888 g/mol. The summed E-state index contributed by atoms with van der Waals surface area (Å²) in [5, 5.41) is 4.18. The number of hydrogen-bond acceptors (Lipinski definition) is 9. The smallest absolute Gasteiger partial charge is 0.337 e. The van der Waals surface area contributed by atoms with E-state index in [2.05, 4.69) is 76.7 Å². The molecular formula is C41H28N8OsS2+4. The van der Waals surface area contributed by atoms with Gasteiger partial charge in [0.1, 0.15) is 5.82 Å². The number of H-pyrrole nitrogens is 1. The molecular weight excluding hydrogens is 859 g/mol. The molecule has 0 aliphatic carbocycles. The first-order valence-corrected chi connectivity index (χ1v) is 17.8. The quantitative estimate of drug-likeness (QED) is 0.176. The number of nitrogens with zero attached hydrogens (tertiary/aromatic N) is 7. The van der Waals surface area contributed by atoms with Gasteiger partial charge >= 0.3 is 19.8 Å². The molecule has 10 aromatic rings. The Hall–Kier alpha value is -5.85. The molecule has 0 amide bonds. The van der Waals surface area contributed by atoms with Crippen LogP contribution in [-0.4, -0.2) is 39.9 Å². The molecule has 0 unspecified atom stereocenters. The van der Waals surface area contributed by atoms with Gasteiger partial charge in [-0.1, -0.05) is 30.3 Å². The molecule has 52 heavy (non-hydrogen) atoms. The number of imidazole rings is 1. The van der Waals surface area contributed by atoms with Crippen LogP contribution in [0.5, 0.6) is 0 Å². The second-order valence-electron chi connectivity index (χ2n) is 11.1. The van der Waals surface area contributed by atoms with E-state index in [1.54, 1.807) is 47.5 Å². The molecule has 248 valence electrons. The van der Waals surface area contributed by atoms with Crippen LogP contribution in [0.3, 0.4) is 0 Å². The van der Waals surface area contributed by atoms with E-state index in [-0.39, 0.29) is 19.8 Å². The third-order valence-electron chi connectivity index (χ3n) is 7.86. The Labute approximate surface area is 320 Å². The maximum Gasteiger partial charge on any atom is 4.00 e. The summed E-state index contributed by atoms with van der Waals surface area (Å²) in [6.45, 7) is 0. The maximum absolute atomic E-state index is 4.95. The minimum absolute atomic E-state index is 0. The molecule has 0 fully saturated rings. The standard InChI is InChI=1S/C21H12N4S2.2C10H8N2.Os/c1-4-12-17(22-9-1)18-13(5-2-10-23-18)20-19(12)24-21(25-20)16-8-7-15(27-16)14-6-3-11-26-14;2*1-3-7-11-9(5-1)10-6-2-4-8-12-10;/h1-11H,(H,24,25);2*1-8H;/q;;;+4. The number of rotatable bonds is 4. The van der Waals surface area contributed by atoms with Crippen molar-refractivity contribution in [2.45, 2.75) is 0 Å². The van der Waals surface area contributed by atoms with Crippen LogP contribution in [0, 0.1) is 0 Å². The fourth-order valence-electron chi connectivity index (χ4n) is 5.53. The van der Waals surface area contributed by atoms with Crippen molar-refractivity contribution in [2.24, 2.45) is 0 Å². The topological polar surface area (TPSA) is 106 Å². The van der Waals surface area contributed by atoms with Gasteiger partial charge < -0.3 is 4.98 Å². The average molecular weight is 887 g/mol. The first-order valence-electron chi connectivity index (χ1n) is 16.1. The number of nitrogens with one attached hydrogen (secondary N) is 1. The van der Waals surface area contributed by atoms with Crippen molar-refractivity contribution in [2.75, 3.05) is 0 Å². The molecule has 10 rings (SSSR count). The van der Waals surface area contributed by atoms with E-state index in [1.807, 2.05) is 97.3 Å². The molecule has 8 nitrogen and oxygen atoms in total. The van der Waals surface area contributed by atoms with Crippen LogP contribution in [0.15, 0.2) is 164 Å². The van der Waals surface area contributed by atoms with Crippen molar-refractivity contribution in [3.05, 3.63) is 164 Å². The van der Waals surface area contributed by atoms with Crippen molar-refractivity contribution < 1.29 is 19.8 Å². The SMILES string of the molecule is [Os+4].c1ccc(-c2ccccn2)nc1.c1ccc(-c2ccccn2)nc1.c1csc(-c2ccc(-c3nc4c5cccnc5c5ncccc5c4[nH]3)s2)c1. The number of hydrogen-bond donors (Lipinski definition) is 1. The molecule has 0 aliphatic rings. The summed E-state index contributed by atoms with van der Waals surface area (Å²) in [6, 6.07) is 39.8. The van der Waals surface area contributed by atoms with Gasteiger partial charge in [0.05, 0.1) is 49.7 Å². The minimum Gasteiger partial charge on any atom is -0.337 e. The van der Waals surface area contributed by atoms with Crippen LogP contribution in [0.4, 0.5) is 0 Å². The van der Waals surface area contributed by atoms with E-state index < -0.39 is 0 Å². The molecule has 11 heteroatoms. The molecule has 0 atom stereocenters. The molecule has 0 spiro atoms. The van der Waals surface area contributed by atoms with Gasteiger partial charge in [0.2, 0.25) is 0 Å². The summed E-state index contributed by atoms with van der Waals surface area (Å²) in [6.07, 6.45) is 10.7. The van der Waals surface area contributed by atoms with Crippen LogP contribution in [0.2, 0.25) is 0 Å². The first-order chi connectivity index (χ1) is 25.3. The third-order valence-corrected chi connectivity index (χ3v) is 10.0. The number of benzene rings is 1. The van der Waals surface area contributed by atoms with Crippen molar-refractivity contribution >= 4 is 55.5 Å². The van der Waals surface area contributed by atoms with Gasteiger partial charge in [-0.2, -0.15) is 0 Å². The molecule has 0 radical (unpaired) electrons. The molecule has 0 saturated heterocycles. The number of thiophene rings is 2. The Morgan fingerprint density at radius 3 is 1.40 bits per heavy atom. The second-order valence-corrected chi connectivity index (χ2v) is 13.1. The Bertz CT molecular complexity index is 2410. The zero-order valence-electron chi connectivity index (χ0n) is 27.4. The predicted molar refractivity (Wildman–Crippen MR) is 208 cm³/mol. The fraction of sp³-hybridized carbons (Fsp3) is 0.